The normalized spacial score (nSPS) is 11.9. The number of carbonyl (C=O) groups excluding carboxylic acids is 2. The average Bonchev–Trinajstić information content (AvgIpc) is 3.04. The molecule has 0 saturated heterocycles. The maximum absolute atomic E-state index is 12.9. The topological polar surface area (TPSA) is 71.8 Å². The molecule has 1 atom stereocenters. The van der Waals surface area contributed by atoms with Gasteiger partial charge in [0, 0.05) is 32.7 Å². The van der Waals surface area contributed by atoms with Gasteiger partial charge in [-0.3, -0.25) is 9.59 Å². The Morgan fingerprint density at radius 2 is 1.90 bits per heavy atom. The first-order chi connectivity index (χ1) is 13.9. The number of aryl methyl sites for hydroxylation is 3. The third-order valence-corrected chi connectivity index (χ3v) is 4.85. The summed E-state index contributed by atoms with van der Waals surface area (Å²) in [6.07, 6.45) is 2.04. The molecule has 0 aliphatic rings. The van der Waals surface area contributed by atoms with E-state index in [1.807, 2.05) is 32.0 Å². The molecule has 6 nitrogen and oxygen atoms in total. The molecule has 2 aromatic rings. The smallest absolute Gasteiger partial charge is 0.257 e. The molecule has 0 saturated carbocycles. The van der Waals surface area contributed by atoms with E-state index in [0.717, 1.165) is 12.8 Å². The van der Waals surface area contributed by atoms with Crippen molar-refractivity contribution >= 4 is 11.8 Å². The largest absolute Gasteiger partial charge is 0.466 e. The lowest BCUT2D eigenvalue weighted by atomic mass is 10.1. The fourth-order valence-corrected chi connectivity index (χ4v) is 3.21. The fourth-order valence-electron chi connectivity index (χ4n) is 3.21. The quantitative estimate of drug-likeness (QED) is 0.627. The summed E-state index contributed by atoms with van der Waals surface area (Å²) >= 11 is 0. The molecule has 0 aliphatic heterocycles. The molecule has 158 valence electrons. The second kappa shape index (κ2) is 11.4. The highest BCUT2D eigenvalue weighted by atomic mass is 16.5. The van der Waals surface area contributed by atoms with Crippen LogP contribution in [0.3, 0.4) is 0 Å². The van der Waals surface area contributed by atoms with Gasteiger partial charge in [0.1, 0.15) is 11.5 Å². The molecule has 1 aromatic heterocycles. The van der Waals surface area contributed by atoms with E-state index < -0.39 is 0 Å². The van der Waals surface area contributed by atoms with Crippen molar-refractivity contribution in [3.63, 3.8) is 0 Å². The Hall–Kier alpha value is -2.60. The number of furan rings is 1. The summed E-state index contributed by atoms with van der Waals surface area (Å²) in [5.41, 5.74) is 1.80. The van der Waals surface area contributed by atoms with Gasteiger partial charge in [-0.2, -0.15) is 0 Å². The first kappa shape index (κ1) is 22.7. The van der Waals surface area contributed by atoms with Gasteiger partial charge in [-0.1, -0.05) is 30.3 Å². The lowest BCUT2D eigenvalue weighted by Crippen LogP contribution is -2.39. The van der Waals surface area contributed by atoms with Crippen LogP contribution in [-0.2, 0) is 16.0 Å². The van der Waals surface area contributed by atoms with Crippen LogP contribution in [0, 0.1) is 13.8 Å². The maximum Gasteiger partial charge on any atom is 0.257 e. The molecule has 0 bridgehead atoms. The van der Waals surface area contributed by atoms with Gasteiger partial charge in [-0.15, -0.1) is 0 Å². The fraction of sp³-hybridized carbons (Fsp3) is 0.478. The van der Waals surface area contributed by atoms with Crippen LogP contribution in [0.4, 0.5) is 0 Å². The van der Waals surface area contributed by atoms with E-state index in [2.05, 4.69) is 17.4 Å². The molecule has 0 aliphatic carbocycles. The van der Waals surface area contributed by atoms with Crippen LogP contribution in [0.5, 0.6) is 0 Å². The van der Waals surface area contributed by atoms with Crippen molar-refractivity contribution in [2.75, 3.05) is 26.8 Å². The molecule has 2 rings (SSSR count). The number of nitrogens with zero attached hydrogens (tertiary/aromatic N) is 1. The van der Waals surface area contributed by atoms with Gasteiger partial charge in [-0.05, 0) is 45.2 Å². The number of rotatable bonds is 11. The Labute approximate surface area is 173 Å². The molecule has 1 N–H and O–H groups in total. The zero-order chi connectivity index (χ0) is 21.2. The molecular weight excluding hydrogens is 368 g/mol. The maximum atomic E-state index is 12.9. The number of benzene rings is 1. The van der Waals surface area contributed by atoms with Gasteiger partial charge in [-0.25, -0.2) is 0 Å². The molecule has 2 amide bonds. The third kappa shape index (κ3) is 7.38. The Balaban J connectivity index is 1.84. The molecule has 1 aromatic carbocycles. The number of hydrogen-bond donors (Lipinski definition) is 1. The Morgan fingerprint density at radius 3 is 2.52 bits per heavy atom. The van der Waals surface area contributed by atoms with Crippen LogP contribution in [0.15, 0.2) is 40.8 Å². The van der Waals surface area contributed by atoms with E-state index in [1.165, 1.54) is 5.56 Å². The van der Waals surface area contributed by atoms with Crippen molar-refractivity contribution in [2.45, 2.75) is 46.1 Å². The predicted octanol–water partition coefficient (Wildman–Crippen LogP) is 3.51. The van der Waals surface area contributed by atoms with E-state index in [4.69, 9.17) is 9.15 Å². The number of hydrogen-bond acceptors (Lipinski definition) is 4. The van der Waals surface area contributed by atoms with E-state index in [0.29, 0.717) is 36.8 Å². The van der Waals surface area contributed by atoms with Crippen molar-refractivity contribution in [2.24, 2.45) is 0 Å². The Morgan fingerprint density at radius 1 is 1.17 bits per heavy atom. The number of ether oxygens (including phenoxy) is 1. The van der Waals surface area contributed by atoms with Crippen LogP contribution >= 0.6 is 0 Å². The number of amides is 2. The van der Waals surface area contributed by atoms with Crippen molar-refractivity contribution in [1.29, 1.82) is 0 Å². The molecule has 0 unspecified atom stereocenters. The predicted molar refractivity (Wildman–Crippen MR) is 113 cm³/mol. The van der Waals surface area contributed by atoms with Crippen molar-refractivity contribution in [3.05, 3.63) is 59.0 Å². The van der Waals surface area contributed by atoms with E-state index >= 15 is 0 Å². The first-order valence-electron chi connectivity index (χ1n) is 10.1. The van der Waals surface area contributed by atoms with Crippen molar-refractivity contribution in [3.8, 4) is 0 Å². The lowest BCUT2D eigenvalue weighted by molar-refractivity contribution is -0.121. The molecule has 0 spiro atoms. The minimum Gasteiger partial charge on any atom is -0.466 e. The van der Waals surface area contributed by atoms with Crippen LogP contribution in [0.25, 0.3) is 0 Å². The highest BCUT2D eigenvalue weighted by molar-refractivity contribution is 5.95. The molecule has 6 heteroatoms. The summed E-state index contributed by atoms with van der Waals surface area (Å²) < 4.78 is 10.6. The van der Waals surface area contributed by atoms with Crippen molar-refractivity contribution < 1.29 is 18.7 Å². The van der Waals surface area contributed by atoms with Crippen LogP contribution in [0.1, 0.15) is 47.2 Å². The second-order valence-corrected chi connectivity index (χ2v) is 7.35. The molecule has 1 heterocycles. The first-order valence-corrected chi connectivity index (χ1v) is 10.1. The van der Waals surface area contributed by atoms with Gasteiger partial charge in [0.05, 0.1) is 12.2 Å². The summed E-state index contributed by atoms with van der Waals surface area (Å²) in [6.45, 7) is 6.77. The second-order valence-electron chi connectivity index (χ2n) is 7.35. The highest BCUT2D eigenvalue weighted by Crippen LogP contribution is 2.16. The zero-order valence-electron chi connectivity index (χ0n) is 17.9. The summed E-state index contributed by atoms with van der Waals surface area (Å²) in [7, 11) is 1.59. The average molecular weight is 401 g/mol. The molecular formula is C23H32N2O4. The molecule has 0 fully saturated rings. The summed E-state index contributed by atoms with van der Waals surface area (Å²) in [4.78, 5) is 26.9. The summed E-state index contributed by atoms with van der Waals surface area (Å²) in [5, 5.41) is 3.03. The summed E-state index contributed by atoms with van der Waals surface area (Å²) in [5.74, 6) is 1.10. The lowest BCUT2D eigenvalue weighted by Gasteiger charge is -2.22. The minimum absolute atomic E-state index is 0.0547. The SMILES string of the molecule is COCCN(CCC(=O)N[C@H](C)CCc1ccccc1)C(=O)c1cc(C)oc1C. The van der Waals surface area contributed by atoms with Crippen molar-refractivity contribution in [1.82, 2.24) is 10.2 Å². The number of methoxy groups -OCH3 is 1. The highest BCUT2D eigenvalue weighted by Gasteiger charge is 2.21. The van der Waals surface area contributed by atoms with E-state index in [9.17, 15) is 9.59 Å². The zero-order valence-corrected chi connectivity index (χ0v) is 17.9. The van der Waals surface area contributed by atoms with Crippen LogP contribution in [-0.4, -0.2) is 49.6 Å². The third-order valence-electron chi connectivity index (χ3n) is 4.85. The van der Waals surface area contributed by atoms with Crippen LogP contribution in [0.2, 0.25) is 0 Å². The molecule has 0 radical (unpaired) electrons. The Bertz CT molecular complexity index is 785. The number of nitrogens with one attached hydrogen (secondary N) is 1. The van der Waals surface area contributed by atoms with Gasteiger partial charge in [0.15, 0.2) is 0 Å². The molecule has 29 heavy (non-hydrogen) atoms. The van der Waals surface area contributed by atoms with Gasteiger partial charge >= 0.3 is 0 Å². The Kier molecular flexibility index (Phi) is 8.93. The van der Waals surface area contributed by atoms with E-state index in [-0.39, 0.29) is 24.3 Å². The van der Waals surface area contributed by atoms with Gasteiger partial charge in [0.2, 0.25) is 5.91 Å². The van der Waals surface area contributed by atoms with Gasteiger partial charge in [0.25, 0.3) is 5.91 Å². The summed E-state index contributed by atoms with van der Waals surface area (Å²) in [6, 6.07) is 12.0. The monoisotopic (exact) mass is 400 g/mol. The standard InChI is InChI=1S/C23H32N2O4/c1-17(10-11-20-8-6-5-7-9-20)24-22(26)12-13-25(14-15-28-4)23(27)21-16-18(2)29-19(21)3/h5-9,16-17H,10-15H2,1-4H3,(H,24,26)/t17-/m1/s1. The minimum atomic E-state index is -0.138. The van der Waals surface area contributed by atoms with Crippen LogP contribution < -0.4 is 5.32 Å². The van der Waals surface area contributed by atoms with Gasteiger partial charge < -0.3 is 19.4 Å². The number of carbonyl (C=O) groups is 2. The van der Waals surface area contributed by atoms with E-state index in [1.54, 1.807) is 25.0 Å².